The molecule has 62 heavy (non-hydrogen) atoms. The Kier molecular flexibility index (Phi) is 7.05. The second-order valence-electron chi connectivity index (χ2n) is 15.8. The molecule has 0 spiro atoms. The van der Waals surface area contributed by atoms with Crippen molar-refractivity contribution in [1.82, 2.24) is 13.7 Å². The average Bonchev–Trinajstić information content (AvgIpc) is 4.08. The highest BCUT2D eigenvalue weighted by molar-refractivity contribution is 6.26. The van der Waals surface area contributed by atoms with Crippen LogP contribution in [0.15, 0.2) is 192 Å². The maximum Gasteiger partial charge on any atom is 0.145 e. The van der Waals surface area contributed by atoms with E-state index in [1.165, 1.54) is 0 Å². The van der Waals surface area contributed by atoms with Gasteiger partial charge in [0.1, 0.15) is 23.3 Å². The highest BCUT2D eigenvalue weighted by Crippen LogP contribution is 2.48. The Bertz CT molecular complexity index is 4110. The number of nitriles is 2. The fraction of sp³-hybridized carbons (Fsp3) is 0. The van der Waals surface area contributed by atoms with E-state index < -0.39 is 0 Å². The van der Waals surface area contributed by atoms with Crippen LogP contribution in [0, 0.1) is 22.7 Å². The van der Waals surface area contributed by atoms with Gasteiger partial charge in [-0.2, -0.15) is 10.5 Å². The Morgan fingerprint density at radius 3 is 1.55 bits per heavy atom. The number of rotatable bonds is 4. The third kappa shape index (κ3) is 4.50. The molecule has 6 nitrogen and oxygen atoms in total. The van der Waals surface area contributed by atoms with Crippen LogP contribution in [-0.2, 0) is 0 Å². The maximum atomic E-state index is 11.4. The molecular formula is C56H31N5O. The minimum atomic E-state index is 0.390. The van der Waals surface area contributed by atoms with Crippen molar-refractivity contribution in [2.75, 3.05) is 0 Å². The molecule has 0 atom stereocenters. The van der Waals surface area contributed by atoms with Gasteiger partial charge in [0.2, 0.25) is 0 Å². The molecule has 286 valence electrons. The maximum absolute atomic E-state index is 11.4. The molecule has 13 rings (SSSR count). The lowest BCUT2D eigenvalue weighted by molar-refractivity contribution is 0.673. The minimum absolute atomic E-state index is 0.390. The van der Waals surface area contributed by atoms with Gasteiger partial charge in [-0.15, -0.1) is 0 Å². The lowest BCUT2D eigenvalue weighted by atomic mass is 9.93. The normalized spacial score (nSPS) is 11.8. The van der Waals surface area contributed by atoms with Gasteiger partial charge in [-0.05, 0) is 60.2 Å². The van der Waals surface area contributed by atoms with E-state index in [9.17, 15) is 10.5 Å². The number of para-hydroxylation sites is 5. The highest BCUT2D eigenvalue weighted by Gasteiger charge is 2.30. The van der Waals surface area contributed by atoms with Crippen molar-refractivity contribution in [3.05, 3.63) is 199 Å². The van der Waals surface area contributed by atoms with Gasteiger partial charge in [0.05, 0.1) is 61.0 Å². The fourth-order valence-corrected chi connectivity index (χ4v) is 10.2. The van der Waals surface area contributed by atoms with Gasteiger partial charge >= 0.3 is 0 Å². The first-order chi connectivity index (χ1) is 30.7. The summed E-state index contributed by atoms with van der Waals surface area (Å²) in [7, 11) is 0. The van der Waals surface area contributed by atoms with Crippen LogP contribution in [0.1, 0.15) is 11.1 Å². The first kappa shape index (κ1) is 34.1. The third-order valence-corrected chi connectivity index (χ3v) is 12.7. The SMILES string of the molecule is N#Cc1cc(C#N)c(-n2c3ccccc3c3ccc4c5ccccc5n(-c5ccccc5)c4c32)c(-c2ccccc2)c1-n1c2ccccc2c2c3oc4ccccc4c3ccc21. The van der Waals surface area contributed by atoms with Crippen LogP contribution in [0.3, 0.4) is 0 Å². The van der Waals surface area contributed by atoms with Crippen molar-refractivity contribution in [2.24, 2.45) is 0 Å². The molecule has 0 fully saturated rings. The average molecular weight is 790 g/mol. The summed E-state index contributed by atoms with van der Waals surface area (Å²) in [5, 5.41) is 31.1. The van der Waals surface area contributed by atoms with E-state index in [0.29, 0.717) is 22.5 Å². The second kappa shape index (κ2) is 12.8. The van der Waals surface area contributed by atoms with Crippen molar-refractivity contribution in [3.8, 4) is 40.3 Å². The van der Waals surface area contributed by atoms with Crippen LogP contribution in [0.4, 0.5) is 0 Å². The molecule has 9 aromatic carbocycles. The smallest absolute Gasteiger partial charge is 0.145 e. The molecule has 0 N–H and O–H groups in total. The van der Waals surface area contributed by atoms with Gasteiger partial charge in [0.15, 0.2) is 0 Å². The molecule has 0 aliphatic carbocycles. The molecular weight excluding hydrogens is 759 g/mol. The van der Waals surface area contributed by atoms with Crippen LogP contribution in [0.5, 0.6) is 0 Å². The monoisotopic (exact) mass is 789 g/mol. The number of hydrogen-bond acceptors (Lipinski definition) is 3. The van der Waals surface area contributed by atoms with Crippen LogP contribution < -0.4 is 0 Å². The molecule has 0 unspecified atom stereocenters. The number of aromatic nitrogens is 3. The van der Waals surface area contributed by atoms with Crippen molar-refractivity contribution in [1.29, 1.82) is 10.5 Å². The summed E-state index contributed by atoms with van der Waals surface area (Å²) >= 11 is 0. The number of hydrogen-bond donors (Lipinski definition) is 0. The topological polar surface area (TPSA) is 75.5 Å². The lowest BCUT2D eigenvalue weighted by Gasteiger charge is -2.23. The van der Waals surface area contributed by atoms with Crippen molar-refractivity contribution < 1.29 is 4.42 Å². The van der Waals surface area contributed by atoms with Crippen molar-refractivity contribution in [2.45, 2.75) is 0 Å². The Labute approximate surface area is 354 Å². The second-order valence-corrected chi connectivity index (χ2v) is 15.8. The van der Waals surface area contributed by atoms with E-state index in [2.05, 4.69) is 159 Å². The molecule has 0 aliphatic rings. The predicted octanol–water partition coefficient (Wildman–Crippen LogP) is 14.3. The number of fused-ring (bicyclic) bond motifs is 14. The molecule has 13 aromatic rings. The van der Waals surface area contributed by atoms with Gasteiger partial charge in [0.25, 0.3) is 0 Å². The van der Waals surface area contributed by atoms with Gasteiger partial charge in [-0.25, -0.2) is 0 Å². The molecule has 6 heteroatoms. The summed E-state index contributed by atoms with van der Waals surface area (Å²) in [5.41, 5.74) is 12.4. The molecule has 0 radical (unpaired) electrons. The molecule has 0 amide bonds. The summed E-state index contributed by atoms with van der Waals surface area (Å²) in [6.45, 7) is 0. The minimum Gasteiger partial charge on any atom is -0.455 e. The Balaban J connectivity index is 1.28. The zero-order chi connectivity index (χ0) is 41.1. The van der Waals surface area contributed by atoms with Crippen LogP contribution in [0.25, 0.3) is 116 Å². The van der Waals surface area contributed by atoms with Crippen LogP contribution >= 0.6 is 0 Å². The van der Waals surface area contributed by atoms with E-state index >= 15 is 0 Å². The van der Waals surface area contributed by atoms with Gasteiger partial charge in [-0.3, -0.25) is 0 Å². The molecule has 4 aromatic heterocycles. The fourth-order valence-electron chi connectivity index (χ4n) is 10.2. The molecule has 0 bridgehead atoms. The van der Waals surface area contributed by atoms with Crippen LogP contribution in [-0.4, -0.2) is 13.7 Å². The van der Waals surface area contributed by atoms with E-state index in [1.54, 1.807) is 6.07 Å². The number of nitrogens with zero attached hydrogens (tertiary/aromatic N) is 5. The summed E-state index contributed by atoms with van der Waals surface area (Å²) in [4.78, 5) is 0. The first-order valence-electron chi connectivity index (χ1n) is 20.6. The largest absolute Gasteiger partial charge is 0.455 e. The summed E-state index contributed by atoms with van der Waals surface area (Å²) in [6, 6.07) is 69.9. The first-order valence-corrected chi connectivity index (χ1v) is 20.6. The predicted molar refractivity (Wildman–Crippen MR) is 252 cm³/mol. The molecule has 0 saturated carbocycles. The standard InChI is InChI=1S/C56H31N5O/c57-32-35-31-36(33-58)53(61-46-24-12-8-20-39(46)42-28-27-41-38-19-7-11-23-45(38)59(54(41)55(42)61)37-17-5-2-6-18-37)50(34-15-3-1-4-16-34)52(35)60-47-25-13-9-22-44(47)51-48(60)30-29-43-40-21-10-14-26-49(40)62-56(43)51/h1-31H. The van der Waals surface area contributed by atoms with E-state index in [4.69, 9.17) is 4.42 Å². The lowest BCUT2D eigenvalue weighted by Crippen LogP contribution is -2.09. The van der Waals surface area contributed by atoms with E-state index in [0.717, 1.165) is 104 Å². The summed E-state index contributed by atoms with van der Waals surface area (Å²) < 4.78 is 13.6. The number of benzene rings is 9. The van der Waals surface area contributed by atoms with Crippen molar-refractivity contribution >= 4 is 87.4 Å². The van der Waals surface area contributed by atoms with Crippen molar-refractivity contribution in [3.63, 3.8) is 0 Å². The Morgan fingerprint density at radius 2 is 0.887 bits per heavy atom. The molecule has 0 saturated heterocycles. The Morgan fingerprint density at radius 1 is 0.387 bits per heavy atom. The van der Waals surface area contributed by atoms with Crippen LogP contribution in [0.2, 0.25) is 0 Å². The Hall–Kier alpha value is -8.84. The molecule has 0 aliphatic heterocycles. The summed E-state index contributed by atoms with van der Waals surface area (Å²) in [5.74, 6) is 0. The van der Waals surface area contributed by atoms with Gasteiger partial charge in [0, 0.05) is 49.0 Å². The summed E-state index contributed by atoms with van der Waals surface area (Å²) in [6.07, 6.45) is 0. The molecule has 4 heterocycles. The highest BCUT2D eigenvalue weighted by atomic mass is 16.3. The zero-order valence-electron chi connectivity index (χ0n) is 33.0. The van der Waals surface area contributed by atoms with Gasteiger partial charge < -0.3 is 18.1 Å². The quantitative estimate of drug-likeness (QED) is 0.178. The van der Waals surface area contributed by atoms with E-state index in [-0.39, 0.29) is 0 Å². The third-order valence-electron chi connectivity index (χ3n) is 12.7. The zero-order valence-corrected chi connectivity index (χ0v) is 33.0. The number of furan rings is 1. The van der Waals surface area contributed by atoms with Gasteiger partial charge in [-0.1, -0.05) is 133 Å². The van der Waals surface area contributed by atoms with E-state index in [1.807, 2.05) is 48.5 Å².